The van der Waals surface area contributed by atoms with Gasteiger partial charge in [-0.25, -0.2) is 0 Å². The lowest BCUT2D eigenvalue weighted by Gasteiger charge is -2.10. The maximum absolute atomic E-state index is 12.2. The molecule has 0 unspecified atom stereocenters. The van der Waals surface area contributed by atoms with Crippen LogP contribution in [-0.2, 0) is 0 Å². The van der Waals surface area contributed by atoms with E-state index in [1.54, 1.807) is 0 Å². The summed E-state index contributed by atoms with van der Waals surface area (Å²) in [5.74, 6) is -0.0494. The van der Waals surface area contributed by atoms with Crippen LogP contribution in [0.25, 0.3) is 5.69 Å². The molecule has 0 spiro atoms. The van der Waals surface area contributed by atoms with E-state index in [4.69, 9.17) is 11.6 Å². The second-order valence-electron chi connectivity index (χ2n) is 4.96. The predicted octanol–water partition coefficient (Wildman–Crippen LogP) is 3.12. The molecular weight excluding hydrogens is 321 g/mol. The Morgan fingerprint density at radius 2 is 1.95 bits per heavy atom. The van der Waals surface area contributed by atoms with Gasteiger partial charge in [-0.2, -0.15) is 0 Å². The Hall–Kier alpha value is -1.49. The third-order valence-electron chi connectivity index (χ3n) is 3.40. The summed E-state index contributed by atoms with van der Waals surface area (Å²) in [4.78, 5) is 12.2. The Bertz CT molecular complexity index is 653. The molecule has 0 saturated carbocycles. The topological polar surface area (TPSA) is 46.1 Å². The van der Waals surface area contributed by atoms with Crippen molar-refractivity contribution in [2.45, 2.75) is 13.8 Å². The lowest BCUT2D eigenvalue weighted by molar-refractivity contribution is 0.0953. The average molecular weight is 342 g/mol. The molecule has 2 rings (SSSR count). The van der Waals surface area contributed by atoms with Gasteiger partial charge < -0.3 is 15.2 Å². The summed E-state index contributed by atoms with van der Waals surface area (Å²) in [6.07, 6.45) is 0. The molecule has 1 heterocycles. The van der Waals surface area contributed by atoms with Crippen molar-refractivity contribution < 1.29 is 4.79 Å². The van der Waals surface area contributed by atoms with Crippen molar-refractivity contribution in [3.63, 3.8) is 0 Å². The lowest BCUT2D eigenvalue weighted by Crippen LogP contribution is -2.30. The van der Waals surface area contributed by atoms with Crippen LogP contribution in [0.5, 0.6) is 0 Å². The van der Waals surface area contributed by atoms with Gasteiger partial charge in [-0.05, 0) is 45.2 Å². The number of carbonyl (C=O) groups excluding carboxylic acids is 1. The van der Waals surface area contributed by atoms with E-state index in [0.29, 0.717) is 17.1 Å². The minimum absolute atomic E-state index is 0. The number of nitrogens with zero attached hydrogens (tertiary/aromatic N) is 1. The van der Waals surface area contributed by atoms with Crippen LogP contribution < -0.4 is 10.6 Å². The Morgan fingerprint density at radius 1 is 1.23 bits per heavy atom. The predicted molar refractivity (Wildman–Crippen MR) is 93.8 cm³/mol. The summed E-state index contributed by atoms with van der Waals surface area (Å²) in [5, 5.41) is 6.59. The van der Waals surface area contributed by atoms with Crippen molar-refractivity contribution >= 4 is 29.9 Å². The van der Waals surface area contributed by atoms with E-state index in [2.05, 4.69) is 10.6 Å². The van der Waals surface area contributed by atoms with Crippen LogP contribution in [0.15, 0.2) is 30.3 Å². The van der Waals surface area contributed by atoms with Gasteiger partial charge in [-0.1, -0.05) is 17.7 Å². The van der Waals surface area contributed by atoms with E-state index in [-0.39, 0.29) is 18.3 Å². The molecule has 6 heteroatoms. The van der Waals surface area contributed by atoms with Gasteiger partial charge in [0, 0.05) is 35.2 Å². The zero-order chi connectivity index (χ0) is 15.4. The van der Waals surface area contributed by atoms with Crippen LogP contribution >= 0.6 is 24.0 Å². The van der Waals surface area contributed by atoms with Crippen molar-refractivity contribution in [2.24, 2.45) is 0 Å². The van der Waals surface area contributed by atoms with Gasteiger partial charge in [0.25, 0.3) is 5.91 Å². The monoisotopic (exact) mass is 341 g/mol. The third-order valence-corrected chi connectivity index (χ3v) is 3.64. The molecule has 0 aliphatic carbocycles. The number of aromatic nitrogens is 1. The van der Waals surface area contributed by atoms with Crippen molar-refractivity contribution in [1.29, 1.82) is 0 Å². The first kappa shape index (κ1) is 18.6. The molecule has 22 heavy (non-hydrogen) atoms. The highest BCUT2D eigenvalue weighted by atomic mass is 35.5. The maximum Gasteiger partial charge on any atom is 0.253 e. The van der Waals surface area contributed by atoms with Gasteiger partial charge in [0.15, 0.2) is 0 Å². The number of halogens is 2. The molecular formula is C16H21Cl2N3O. The van der Waals surface area contributed by atoms with Crippen LogP contribution in [-0.4, -0.2) is 30.6 Å². The fraction of sp³-hybridized carbons (Fsp3) is 0.312. The molecule has 0 aliphatic heterocycles. The van der Waals surface area contributed by atoms with E-state index >= 15 is 0 Å². The fourth-order valence-electron chi connectivity index (χ4n) is 2.40. The summed E-state index contributed by atoms with van der Waals surface area (Å²) < 4.78 is 2.04. The van der Waals surface area contributed by atoms with Crippen molar-refractivity contribution in [3.8, 4) is 5.69 Å². The summed E-state index contributed by atoms with van der Waals surface area (Å²) in [6, 6.07) is 9.53. The van der Waals surface area contributed by atoms with Crippen molar-refractivity contribution in [3.05, 3.63) is 52.3 Å². The summed E-state index contributed by atoms with van der Waals surface area (Å²) >= 11 is 6.05. The highest BCUT2D eigenvalue weighted by Crippen LogP contribution is 2.22. The minimum Gasteiger partial charge on any atom is -0.351 e. The van der Waals surface area contributed by atoms with Crippen LogP contribution in [0.1, 0.15) is 21.7 Å². The smallest absolute Gasteiger partial charge is 0.253 e. The number of likely N-dealkylation sites (N-methyl/N-ethyl adjacent to an activating group) is 1. The minimum atomic E-state index is -0.0494. The Labute approximate surface area is 142 Å². The highest BCUT2D eigenvalue weighted by Gasteiger charge is 2.16. The first-order valence-electron chi connectivity index (χ1n) is 6.92. The van der Waals surface area contributed by atoms with Gasteiger partial charge in [0.2, 0.25) is 0 Å². The van der Waals surface area contributed by atoms with Crippen LogP contribution in [0.3, 0.4) is 0 Å². The number of carbonyl (C=O) groups is 1. The second-order valence-corrected chi connectivity index (χ2v) is 5.40. The SMILES string of the molecule is CNCCNC(=O)c1cc(C)n(-c2cccc(Cl)c2)c1C.Cl. The molecule has 0 radical (unpaired) electrons. The van der Waals surface area contributed by atoms with Gasteiger partial charge >= 0.3 is 0 Å². The average Bonchev–Trinajstić information content (AvgIpc) is 2.74. The second kappa shape index (κ2) is 8.22. The largest absolute Gasteiger partial charge is 0.351 e. The third kappa shape index (κ3) is 4.03. The normalized spacial score (nSPS) is 10.2. The molecule has 2 aromatic rings. The molecule has 1 aromatic heterocycles. The lowest BCUT2D eigenvalue weighted by atomic mass is 10.2. The molecule has 1 amide bonds. The van der Waals surface area contributed by atoms with Gasteiger partial charge in [-0.15, -0.1) is 12.4 Å². The van der Waals surface area contributed by atoms with E-state index < -0.39 is 0 Å². The van der Waals surface area contributed by atoms with Crippen LogP contribution in [0.2, 0.25) is 5.02 Å². The molecule has 120 valence electrons. The Morgan fingerprint density at radius 3 is 2.59 bits per heavy atom. The fourth-order valence-corrected chi connectivity index (χ4v) is 2.59. The highest BCUT2D eigenvalue weighted by molar-refractivity contribution is 6.30. The number of rotatable bonds is 5. The molecule has 1 aromatic carbocycles. The molecule has 2 N–H and O–H groups in total. The molecule has 0 aliphatic rings. The number of hydrogen-bond donors (Lipinski definition) is 2. The number of nitrogens with one attached hydrogen (secondary N) is 2. The maximum atomic E-state index is 12.2. The first-order chi connectivity index (χ1) is 10.0. The number of aryl methyl sites for hydroxylation is 1. The Kier molecular flexibility index (Phi) is 6.94. The van der Waals surface area contributed by atoms with Gasteiger partial charge in [-0.3, -0.25) is 4.79 Å². The molecule has 0 atom stereocenters. The van der Waals surface area contributed by atoms with E-state index in [1.165, 1.54) is 0 Å². The zero-order valence-corrected chi connectivity index (χ0v) is 14.5. The standard InChI is InChI=1S/C16H20ClN3O.ClH/c1-11-9-15(16(21)19-8-7-18-3)12(2)20(11)14-6-4-5-13(17)10-14;/h4-6,9-10,18H,7-8H2,1-3H3,(H,19,21);1H. The quantitative estimate of drug-likeness (QED) is 0.820. The van der Waals surface area contributed by atoms with Gasteiger partial charge in [0.05, 0.1) is 5.56 Å². The van der Waals surface area contributed by atoms with E-state index in [1.807, 2.05) is 55.8 Å². The Balaban J connectivity index is 0.00000242. The van der Waals surface area contributed by atoms with Crippen molar-refractivity contribution in [2.75, 3.05) is 20.1 Å². The molecule has 0 fully saturated rings. The van der Waals surface area contributed by atoms with E-state index in [9.17, 15) is 4.79 Å². The van der Waals surface area contributed by atoms with Gasteiger partial charge in [0.1, 0.15) is 0 Å². The van der Waals surface area contributed by atoms with E-state index in [0.717, 1.165) is 23.6 Å². The van der Waals surface area contributed by atoms with Crippen molar-refractivity contribution in [1.82, 2.24) is 15.2 Å². The molecule has 0 saturated heterocycles. The summed E-state index contributed by atoms with van der Waals surface area (Å²) in [7, 11) is 1.86. The first-order valence-corrected chi connectivity index (χ1v) is 7.30. The number of amides is 1. The molecule has 4 nitrogen and oxygen atoms in total. The summed E-state index contributed by atoms with van der Waals surface area (Å²) in [5.41, 5.74) is 3.58. The molecule has 0 bridgehead atoms. The zero-order valence-electron chi connectivity index (χ0n) is 12.9. The van der Waals surface area contributed by atoms with Crippen LogP contribution in [0, 0.1) is 13.8 Å². The van der Waals surface area contributed by atoms with Crippen LogP contribution in [0.4, 0.5) is 0 Å². The number of hydrogen-bond acceptors (Lipinski definition) is 2. The number of benzene rings is 1. The summed E-state index contributed by atoms with van der Waals surface area (Å²) in [6.45, 7) is 5.29.